The molecule has 0 aliphatic heterocycles. The molecule has 0 saturated heterocycles. The topological polar surface area (TPSA) is 0 Å². The highest BCUT2D eigenvalue weighted by molar-refractivity contribution is 5.69. The lowest BCUT2D eigenvalue weighted by atomic mass is 9.97. The van der Waals surface area contributed by atoms with Crippen LogP contribution in [0.15, 0.2) is 60.2 Å². The van der Waals surface area contributed by atoms with Gasteiger partial charge in [0.15, 0.2) is 0 Å². The minimum absolute atomic E-state index is 1.05. The van der Waals surface area contributed by atoms with E-state index >= 15 is 0 Å². The molecule has 0 amide bonds. The van der Waals surface area contributed by atoms with Crippen LogP contribution in [-0.2, 0) is 0 Å². The molecule has 0 unspecified atom stereocenters. The summed E-state index contributed by atoms with van der Waals surface area (Å²) in [7, 11) is 0. The SMILES string of the molecule is CC(=C1C=CC=CC1)c1ccccc1. The molecule has 2 rings (SSSR count). The van der Waals surface area contributed by atoms with Crippen molar-refractivity contribution in [2.45, 2.75) is 13.3 Å². The van der Waals surface area contributed by atoms with Gasteiger partial charge in [-0.1, -0.05) is 54.6 Å². The molecule has 0 saturated carbocycles. The quantitative estimate of drug-likeness (QED) is 0.616. The van der Waals surface area contributed by atoms with Gasteiger partial charge in [0.2, 0.25) is 0 Å². The Kier molecular flexibility index (Phi) is 2.64. The van der Waals surface area contributed by atoms with Crippen molar-refractivity contribution in [2.75, 3.05) is 0 Å². The molecule has 0 fully saturated rings. The fourth-order valence-electron chi connectivity index (χ4n) is 1.66. The summed E-state index contributed by atoms with van der Waals surface area (Å²) < 4.78 is 0. The molecule has 0 bridgehead atoms. The zero-order valence-electron chi connectivity index (χ0n) is 8.40. The van der Waals surface area contributed by atoms with E-state index in [1.165, 1.54) is 16.7 Å². The maximum atomic E-state index is 2.20. The molecule has 70 valence electrons. The zero-order valence-corrected chi connectivity index (χ0v) is 8.40. The molecule has 14 heavy (non-hydrogen) atoms. The summed E-state index contributed by atoms with van der Waals surface area (Å²) in [6.07, 6.45) is 9.65. The Morgan fingerprint density at radius 3 is 2.50 bits per heavy atom. The molecular formula is C14H14. The minimum Gasteiger partial charge on any atom is -0.0801 e. The maximum Gasteiger partial charge on any atom is -0.00915 e. The summed E-state index contributed by atoms with van der Waals surface area (Å²) in [4.78, 5) is 0. The van der Waals surface area contributed by atoms with Crippen LogP contribution in [-0.4, -0.2) is 0 Å². The Balaban J connectivity index is 2.36. The van der Waals surface area contributed by atoms with E-state index in [9.17, 15) is 0 Å². The van der Waals surface area contributed by atoms with Gasteiger partial charge in [0.1, 0.15) is 0 Å². The highest BCUT2D eigenvalue weighted by Crippen LogP contribution is 2.23. The zero-order chi connectivity index (χ0) is 9.80. The van der Waals surface area contributed by atoms with E-state index < -0.39 is 0 Å². The van der Waals surface area contributed by atoms with Crippen molar-refractivity contribution in [2.24, 2.45) is 0 Å². The molecule has 0 N–H and O–H groups in total. The van der Waals surface area contributed by atoms with Gasteiger partial charge >= 0.3 is 0 Å². The molecule has 1 aromatic carbocycles. The largest absolute Gasteiger partial charge is 0.0801 e. The Labute approximate surface area is 85.3 Å². The van der Waals surface area contributed by atoms with Crippen molar-refractivity contribution in [3.63, 3.8) is 0 Å². The fourth-order valence-corrected chi connectivity index (χ4v) is 1.66. The number of hydrogen-bond acceptors (Lipinski definition) is 0. The molecule has 0 nitrogen and oxygen atoms in total. The normalized spacial score (nSPS) is 18.4. The van der Waals surface area contributed by atoms with Gasteiger partial charge in [0.25, 0.3) is 0 Å². The van der Waals surface area contributed by atoms with Crippen molar-refractivity contribution in [3.05, 3.63) is 65.8 Å². The van der Waals surface area contributed by atoms with Gasteiger partial charge in [0, 0.05) is 0 Å². The predicted molar refractivity (Wildman–Crippen MR) is 61.9 cm³/mol. The van der Waals surface area contributed by atoms with E-state index in [4.69, 9.17) is 0 Å². The third kappa shape index (κ3) is 1.85. The van der Waals surface area contributed by atoms with Crippen molar-refractivity contribution in [3.8, 4) is 0 Å². The summed E-state index contributed by atoms with van der Waals surface area (Å²) >= 11 is 0. The Morgan fingerprint density at radius 1 is 1.07 bits per heavy atom. The molecule has 0 heterocycles. The summed E-state index contributed by atoms with van der Waals surface area (Å²) in [5.41, 5.74) is 4.12. The van der Waals surface area contributed by atoms with E-state index in [2.05, 4.69) is 61.6 Å². The number of hydrogen-bond donors (Lipinski definition) is 0. The third-order valence-electron chi connectivity index (χ3n) is 2.57. The van der Waals surface area contributed by atoms with Crippen LogP contribution in [0.3, 0.4) is 0 Å². The Bertz CT molecular complexity index is 391. The fraction of sp³-hybridized carbons (Fsp3) is 0.143. The second-order valence-corrected chi connectivity index (χ2v) is 3.51. The first-order valence-electron chi connectivity index (χ1n) is 4.96. The first-order valence-corrected chi connectivity index (χ1v) is 4.96. The predicted octanol–water partition coefficient (Wildman–Crippen LogP) is 3.98. The van der Waals surface area contributed by atoms with Gasteiger partial charge in [-0.2, -0.15) is 0 Å². The van der Waals surface area contributed by atoms with E-state index in [1.807, 2.05) is 0 Å². The third-order valence-corrected chi connectivity index (χ3v) is 2.57. The van der Waals surface area contributed by atoms with Gasteiger partial charge in [0.05, 0.1) is 0 Å². The highest BCUT2D eigenvalue weighted by Gasteiger charge is 2.01. The molecule has 0 heteroatoms. The van der Waals surface area contributed by atoms with Crippen LogP contribution in [0, 0.1) is 0 Å². The Hall–Kier alpha value is -1.56. The lowest BCUT2D eigenvalue weighted by molar-refractivity contribution is 1.26. The monoisotopic (exact) mass is 182 g/mol. The summed E-state index contributed by atoms with van der Waals surface area (Å²) in [5.74, 6) is 0. The molecule has 0 aromatic heterocycles. The molecular weight excluding hydrogens is 168 g/mol. The van der Waals surface area contributed by atoms with Gasteiger partial charge < -0.3 is 0 Å². The second kappa shape index (κ2) is 4.10. The standard InChI is InChI=1S/C14H14/c1-12(13-8-4-2-5-9-13)14-10-6-3-7-11-14/h2-10H,11H2,1H3. The molecule has 1 aromatic rings. The number of rotatable bonds is 1. The van der Waals surface area contributed by atoms with Crippen molar-refractivity contribution in [1.29, 1.82) is 0 Å². The van der Waals surface area contributed by atoms with Crippen LogP contribution in [0.1, 0.15) is 18.9 Å². The van der Waals surface area contributed by atoms with E-state index in [0.717, 1.165) is 6.42 Å². The lowest BCUT2D eigenvalue weighted by Crippen LogP contribution is -1.87. The lowest BCUT2D eigenvalue weighted by Gasteiger charge is -2.08. The minimum atomic E-state index is 1.05. The van der Waals surface area contributed by atoms with Crippen LogP contribution in [0.2, 0.25) is 0 Å². The smallest absolute Gasteiger partial charge is 0.00915 e. The second-order valence-electron chi connectivity index (χ2n) is 3.51. The number of allylic oxidation sites excluding steroid dienone is 6. The van der Waals surface area contributed by atoms with Crippen LogP contribution >= 0.6 is 0 Å². The van der Waals surface area contributed by atoms with Crippen molar-refractivity contribution < 1.29 is 0 Å². The maximum absolute atomic E-state index is 2.20. The van der Waals surface area contributed by atoms with Gasteiger partial charge in [-0.25, -0.2) is 0 Å². The van der Waals surface area contributed by atoms with Crippen LogP contribution in [0.5, 0.6) is 0 Å². The molecule has 0 spiro atoms. The van der Waals surface area contributed by atoms with Crippen molar-refractivity contribution >= 4 is 5.57 Å². The van der Waals surface area contributed by atoms with E-state index in [0.29, 0.717) is 0 Å². The highest BCUT2D eigenvalue weighted by atomic mass is 14.1. The first kappa shape index (κ1) is 9.01. The van der Waals surface area contributed by atoms with Crippen LogP contribution < -0.4 is 0 Å². The van der Waals surface area contributed by atoms with Gasteiger partial charge in [-0.15, -0.1) is 0 Å². The average Bonchev–Trinajstić information content (AvgIpc) is 2.30. The van der Waals surface area contributed by atoms with E-state index in [1.54, 1.807) is 0 Å². The molecule has 0 radical (unpaired) electrons. The molecule has 1 aliphatic carbocycles. The number of benzene rings is 1. The van der Waals surface area contributed by atoms with Crippen LogP contribution in [0.4, 0.5) is 0 Å². The molecule has 1 aliphatic rings. The van der Waals surface area contributed by atoms with Gasteiger partial charge in [-0.3, -0.25) is 0 Å². The van der Waals surface area contributed by atoms with Crippen LogP contribution in [0.25, 0.3) is 5.57 Å². The Morgan fingerprint density at radius 2 is 1.86 bits per heavy atom. The van der Waals surface area contributed by atoms with Crippen molar-refractivity contribution in [1.82, 2.24) is 0 Å². The molecule has 0 atom stereocenters. The first-order chi connectivity index (χ1) is 6.88. The summed E-state index contributed by atoms with van der Waals surface area (Å²) in [6.45, 7) is 2.19. The average molecular weight is 182 g/mol. The summed E-state index contributed by atoms with van der Waals surface area (Å²) in [6, 6.07) is 10.5. The van der Waals surface area contributed by atoms with E-state index in [-0.39, 0.29) is 0 Å². The summed E-state index contributed by atoms with van der Waals surface area (Å²) in [5, 5.41) is 0. The van der Waals surface area contributed by atoms with Gasteiger partial charge in [-0.05, 0) is 30.1 Å².